The second-order valence-corrected chi connectivity index (χ2v) is 4.61. The zero-order chi connectivity index (χ0) is 14.4. The van der Waals surface area contributed by atoms with Crippen molar-refractivity contribution in [3.8, 4) is 0 Å². The van der Waals surface area contributed by atoms with Crippen LogP contribution in [0.1, 0.15) is 17.2 Å². The van der Waals surface area contributed by atoms with Crippen LogP contribution in [-0.4, -0.2) is 18.2 Å². The third-order valence-electron chi connectivity index (χ3n) is 3.12. The maximum Gasteiger partial charge on any atom is 0.126 e. The van der Waals surface area contributed by atoms with Crippen LogP contribution in [0.5, 0.6) is 0 Å². The molecule has 2 aromatic rings. The van der Waals surface area contributed by atoms with Crippen molar-refractivity contribution in [1.82, 2.24) is 5.32 Å². The number of hydrogen-bond donors (Lipinski definition) is 2. The van der Waals surface area contributed by atoms with E-state index in [2.05, 4.69) is 5.32 Å². The lowest BCUT2D eigenvalue weighted by atomic mass is 10.1. The molecule has 0 bridgehead atoms. The molecular weight excluding hydrogens is 260 g/mol. The van der Waals surface area contributed by atoms with Gasteiger partial charge in [0.1, 0.15) is 11.6 Å². The normalized spacial score (nSPS) is 12.3. The lowest BCUT2D eigenvalue weighted by Gasteiger charge is -2.12. The highest BCUT2D eigenvalue weighted by Crippen LogP contribution is 2.12. The van der Waals surface area contributed by atoms with Gasteiger partial charge >= 0.3 is 0 Å². The second-order valence-electron chi connectivity index (χ2n) is 4.61. The van der Waals surface area contributed by atoms with E-state index < -0.39 is 6.10 Å². The fourth-order valence-electron chi connectivity index (χ4n) is 1.97. The summed E-state index contributed by atoms with van der Waals surface area (Å²) in [6.45, 7) is 0.916. The topological polar surface area (TPSA) is 32.3 Å². The number of aliphatic hydroxyl groups is 1. The molecule has 0 heterocycles. The number of hydrogen-bond acceptors (Lipinski definition) is 2. The summed E-state index contributed by atoms with van der Waals surface area (Å²) >= 11 is 0. The number of aliphatic hydroxyl groups excluding tert-OH is 1. The monoisotopic (exact) mass is 277 g/mol. The molecular formula is C16H17F2NO. The third-order valence-corrected chi connectivity index (χ3v) is 3.12. The van der Waals surface area contributed by atoms with Crippen LogP contribution < -0.4 is 5.32 Å². The van der Waals surface area contributed by atoms with Gasteiger partial charge in [-0.1, -0.05) is 30.3 Å². The molecule has 0 aromatic heterocycles. The second kappa shape index (κ2) is 7.12. The SMILES string of the molecule is OC(CNCCc1ccccc1F)c1ccc(F)cc1. The molecule has 0 spiro atoms. The van der Waals surface area contributed by atoms with Gasteiger partial charge in [-0.15, -0.1) is 0 Å². The lowest BCUT2D eigenvalue weighted by Crippen LogP contribution is -2.24. The summed E-state index contributed by atoms with van der Waals surface area (Å²) in [4.78, 5) is 0. The molecule has 0 saturated heterocycles. The van der Waals surface area contributed by atoms with Gasteiger partial charge in [-0.25, -0.2) is 8.78 Å². The van der Waals surface area contributed by atoms with Crippen molar-refractivity contribution in [2.45, 2.75) is 12.5 Å². The summed E-state index contributed by atoms with van der Waals surface area (Å²) in [5.41, 5.74) is 1.31. The first kappa shape index (κ1) is 14.6. The molecule has 2 N–H and O–H groups in total. The summed E-state index contributed by atoms with van der Waals surface area (Å²) in [6.07, 6.45) is -0.140. The minimum atomic E-state index is -0.698. The fourth-order valence-corrected chi connectivity index (χ4v) is 1.97. The standard InChI is InChI=1S/C16H17F2NO/c17-14-7-5-13(6-8-14)16(20)11-19-10-9-12-3-1-2-4-15(12)18/h1-8,16,19-20H,9-11H2. The van der Waals surface area contributed by atoms with Crippen LogP contribution in [0.25, 0.3) is 0 Å². The molecule has 1 unspecified atom stereocenters. The largest absolute Gasteiger partial charge is 0.387 e. The van der Waals surface area contributed by atoms with Gasteiger partial charge < -0.3 is 10.4 Å². The van der Waals surface area contributed by atoms with Crippen molar-refractivity contribution < 1.29 is 13.9 Å². The van der Waals surface area contributed by atoms with Gasteiger partial charge in [0.05, 0.1) is 6.10 Å². The van der Waals surface area contributed by atoms with Crippen LogP contribution >= 0.6 is 0 Å². The van der Waals surface area contributed by atoms with Gasteiger partial charge in [-0.05, 0) is 42.3 Å². The van der Waals surface area contributed by atoms with Gasteiger partial charge in [0.2, 0.25) is 0 Å². The molecule has 2 rings (SSSR count). The van der Waals surface area contributed by atoms with Crippen LogP contribution in [0.3, 0.4) is 0 Å². The van der Waals surface area contributed by atoms with Crippen LogP contribution in [0.4, 0.5) is 8.78 Å². The minimum Gasteiger partial charge on any atom is -0.387 e. The van der Waals surface area contributed by atoms with E-state index >= 15 is 0 Å². The first-order valence-corrected chi connectivity index (χ1v) is 6.54. The Balaban J connectivity index is 1.76. The summed E-state index contributed by atoms with van der Waals surface area (Å²) in [7, 11) is 0. The van der Waals surface area contributed by atoms with E-state index in [0.29, 0.717) is 30.6 Å². The van der Waals surface area contributed by atoms with Crippen LogP contribution in [0, 0.1) is 11.6 Å². The van der Waals surface area contributed by atoms with E-state index in [1.54, 1.807) is 30.3 Å². The fraction of sp³-hybridized carbons (Fsp3) is 0.250. The molecule has 0 amide bonds. The summed E-state index contributed by atoms with van der Waals surface area (Å²) in [5.74, 6) is -0.540. The number of rotatable bonds is 6. The maximum absolute atomic E-state index is 13.4. The van der Waals surface area contributed by atoms with E-state index in [9.17, 15) is 13.9 Å². The summed E-state index contributed by atoms with van der Waals surface area (Å²) < 4.78 is 26.1. The van der Waals surface area contributed by atoms with Crippen LogP contribution in [-0.2, 0) is 6.42 Å². The van der Waals surface area contributed by atoms with Gasteiger partial charge in [0.15, 0.2) is 0 Å². The van der Waals surface area contributed by atoms with Crippen molar-refractivity contribution in [1.29, 1.82) is 0 Å². The Morgan fingerprint density at radius 1 is 1.00 bits per heavy atom. The zero-order valence-corrected chi connectivity index (χ0v) is 11.0. The molecule has 106 valence electrons. The van der Waals surface area contributed by atoms with E-state index in [4.69, 9.17) is 0 Å². The average Bonchev–Trinajstić information content (AvgIpc) is 2.46. The molecule has 0 aliphatic carbocycles. The van der Waals surface area contributed by atoms with Crippen molar-refractivity contribution in [2.75, 3.05) is 13.1 Å². The molecule has 2 aromatic carbocycles. The molecule has 0 saturated carbocycles. The number of halogens is 2. The molecule has 1 atom stereocenters. The van der Waals surface area contributed by atoms with Crippen molar-refractivity contribution in [2.24, 2.45) is 0 Å². The first-order chi connectivity index (χ1) is 9.66. The van der Waals surface area contributed by atoms with Crippen molar-refractivity contribution in [3.05, 3.63) is 71.3 Å². The van der Waals surface area contributed by atoms with Gasteiger partial charge in [-0.3, -0.25) is 0 Å². The minimum absolute atomic E-state index is 0.214. The average molecular weight is 277 g/mol. The van der Waals surface area contributed by atoms with E-state index in [1.807, 2.05) is 0 Å². The Labute approximate surface area is 117 Å². The third kappa shape index (κ3) is 4.11. The highest BCUT2D eigenvalue weighted by Gasteiger charge is 2.07. The van der Waals surface area contributed by atoms with Gasteiger partial charge in [0, 0.05) is 6.54 Å². The highest BCUT2D eigenvalue weighted by molar-refractivity contribution is 5.19. The zero-order valence-electron chi connectivity index (χ0n) is 11.0. The summed E-state index contributed by atoms with van der Waals surface area (Å²) in [5, 5.41) is 13.0. The Bertz CT molecular complexity index is 542. The maximum atomic E-state index is 13.4. The number of benzene rings is 2. The van der Waals surface area contributed by atoms with E-state index in [-0.39, 0.29) is 11.6 Å². The van der Waals surface area contributed by atoms with Gasteiger partial charge in [-0.2, -0.15) is 0 Å². The summed E-state index contributed by atoms with van der Waals surface area (Å²) in [6, 6.07) is 12.4. The van der Waals surface area contributed by atoms with E-state index in [1.165, 1.54) is 18.2 Å². The molecule has 20 heavy (non-hydrogen) atoms. The predicted octanol–water partition coefficient (Wildman–Crippen LogP) is 2.83. The van der Waals surface area contributed by atoms with Crippen molar-refractivity contribution in [3.63, 3.8) is 0 Å². The Hall–Kier alpha value is -1.78. The molecule has 2 nitrogen and oxygen atoms in total. The quantitative estimate of drug-likeness (QED) is 0.796. The predicted molar refractivity (Wildman–Crippen MR) is 74.3 cm³/mol. The van der Waals surface area contributed by atoms with Crippen LogP contribution in [0.2, 0.25) is 0 Å². The molecule has 0 aliphatic heterocycles. The smallest absolute Gasteiger partial charge is 0.126 e. The molecule has 0 fully saturated rings. The Morgan fingerprint density at radius 3 is 2.40 bits per heavy atom. The van der Waals surface area contributed by atoms with Gasteiger partial charge in [0.25, 0.3) is 0 Å². The Kier molecular flexibility index (Phi) is 5.21. The number of nitrogens with one attached hydrogen (secondary N) is 1. The molecule has 4 heteroatoms. The lowest BCUT2D eigenvalue weighted by molar-refractivity contribution is 0.175. The van der Waals surface area contributed by atoms with Crippen LogP contribution in [0.15, 0.2) is 48.5 Å². The van der Waals surface area contributed by atoms with E-state index in [0.717, 1.165) is 0 Å². The highest BCUT2D eigenvalue weighted by atomic mass is 19.1. The first-order valence-electron chi connectivity index (χ1n) is 6.54. The Morgan fingerprint density at radius 2 is 1.70 bits per heavy atom. The molecule has 0 aliphatic rings. The molecule has 0 radical (unpaired) electrons. The van der Waals surface area contributed by atoms with Crippen molar-refractivity contribution >= 4 is 0 Å².